The maximum atomic E-state index is 11.8. The van der Waals surface area contributed by atoms with Crippen LogP contribution in [-0.4, -0.2) is 33.5 Å². The first-order valence-corrected chi connectivity index (χ1v) is 7.22. The fourth-order valence-electron chi connectivity index (χ4n) is 2.15. The minimum atomic E-state index is 0.0103. The van der Waals surface area contributed by atoms with Crippen molar-refractivity contribution in [1.29, 1.82) is 0 Å². The molecule has 0 bridgehead atoms. The molecule has 2 heterocycles. The van der Waals surface area contributed by atoms with E-state index in [1.807, 2.05) is 22.9 Å². The highest BCUT2D eigenvalue weighted by atomic mass is 16.1. The van der Waals surface area contributed by atoms with Gasteiger partial charge in [0, 0.05) is 30.7 Å². The Labute approximate surface area is 123 Å². The number of aromatic nitrogens is 3. The van der Waals surface area contributed by atoms with Crippen molar-refractivity contribution in [3.05, 3.63) is 42.6 Å². The number of nitrogens with one attached hydrogen (secondary N) is 2. The van der Waals surface area contributed by atoms with Crippen molar-refractivity contribution in [2.24, 2.45) is 5.92 Å². The summed E-state index contributed by atoms with van der Waals surface area (Å²) >= 11 is 0. The van der Waals surface area contributed by atoms with Crippen molar-refractivity contribution in [2.75, 3.05) is 13.1 Å². The Hall–Kier alpha value is -2.21. The molecule has 1 fully saturated rings. The Bertz CT molecular complexity index is 592. The van der Waals surface area contributed by atoms with Crippen molar-refractivity contribution in [3.8, 4) is 5.82 Å². The highest BCUT2D eigenvalue weighted by Crippen LogP contribution is 2.27. The predicted molar refractivity (Wildman–Crippen MR) is 78.8 cm³/mol. The fraction of sp³-hybridized carbons (Fsp3) is 0.400. The van der Waals surface area contributed by atoms with E-state index in [-0.39, 0.29) is 5.91 Å². The zero-order valence-corrected chi connectivity index (χ0v) is 11.8. The lowest BCUT2D eigenvalue weighted by Gasteiger charge is -2.10. The molecule has 1 amide bonds. The first-order valence-electron chi connectivity index (χ1n) is 7.22. The van der Waals surface area contributed by atoms with E-state index < -0.39 is 0 Å². The lowest BCUT2D eigenvalue weighted by Crippen LogP contribution is -2.34. The van der Waals surface area contributed by atoms with E-state index in [4.69, 9.17) is 0 Å². The molecule has 2 aromatic rings. The first kappa shape index (κ1) is 13.8. The fourth-order valence-corrected chi connectivity index (χ4v) is 2.15. The summed E-state index contributed by atoms with van der Waals surface area (Å²) in [7, 11) is 0. The van der Waals surface area contributed by atoms with Gasteiger partial charge in [0.1, 0.15) is 12.1 Å². The lowest BCUT2D eigenvalue weighted by molar-refractivity contribution is -0.120. The summed E-state index contributed by atoms with van der Waals surface area (Å²) in [6.45, 7) is 1.78. The molecular formula is C15H19N5O. The Morgan fingerprint density at radius 2 is 2.29 bits per heavy atom. The third kappa shape index (κ3) is 3.88. The molecule has 6 heteroatoms. The van der Waals surface area contributed by atoms with Gasteiger partial charge in [0.2, 0.25) is 5.91 Å². The van der Waals surface area contributed by atoms with Crippen molar-refractivity contribution in [2.45, 2.75) is 19.4 Å². The van der Waals surface area contributed by atoms with Gasteiger partial charge in [-0.15, -0.1) is 0 Å². The summed E-state index contributed by atoms with van der Waals surface area (Å²) < 4.78 is 1.84. The number of amides is 1. The summed E-state index contributed by atoms with van der Waals surface area (Å²) in [6.07, 6.45) is 9.56. The van der Waals surface area contributed by atoms with E-state index in [0.717, 1.165) is 23.8 Å². The molecule has 1 aliphatic carbocycles. The summed E-state index contributed by atoms with van der Waals surface area (Å²) in [5.74, 6) is 1.58. The van der Waals surface area contributed by atoms with Crippen LogP contribution in [0.4, 0.5) is 0 Å². The highest BCUT2D eigenvalue weighted by molar-refractivity contribution is 5.78. The maximum Gasteiger partial charge on any atom is 0.234 e. The van der Waals surface area contributed by atoms with Crippen LogP contribution in [0.1, 0.15) is 18.4 Å². The molecule has 0 atom stereocenters. The highest BCUT2D eigenvalue weighted by Gasteiger charge is 2.20. The van der Waals surface area contributed by atoms with Gasteiger partial charge in [0.15, 0.2) is 0 Å². The van der Waals surface area contributed by atoms with Crippen LogP contribution in [0.5, 0.6) is 0 Å². The SMILES string of the molecule is O=C(CNCC1CC1)NCc1cccnc1-n1ccnc1. The normalized spacial score (nSPS) is 14.1. The molecule has 2 aromatic heterocycles. The van der Waals surface area contributed by atoms with Crippen molar-refractivity contribution in [1.82, 2.24) is 25.2 Å². The number of rotatable bonds is 7. The van der Waals surface area contributed by atoms with Gasteiger partial charge >= 0.3 is 0 Å². The molecular weight excluding hydrogens is 266 g/mol. The van der Waals surface area contributed by atoms with Crippen molar-refractivity contribution in [3.63, 3.8) is 0 Å². The Kier molecular flexibility index (Phi) is 4.25. The number of hydrogen-bond acceptors (Lipinski definition) is 4. The third-order valence-electron chi connectivity index (χ3n) is 3.51. The smallest absolute Gasteiger partial charge is 0.234 e. The van der Waals surface area contributed by atoms with Crippen LogP contribution in [0.2, 0.25) is 0 Å². The van der Waals surface area contributed by atoms with Gasteiger partial charge in [0.25, 0.3) is 0 Å². The van der Waals surface area contributed by atoms with Gasteiger partial charge in [0.05, 0.1) is 6.54 Å². The van der Waals surface area contributed by atoms with Gasteiger partial charge in [-0.25, -0.2) is 9.97 Å². The number of pyridine rings is 1. The van der Waals surface area contributed by atoms with Crippen LogP contribution in [-0.2, 0) is 11.3 Å². The maximum absolute atomic E-state index is 11.8. The van der Waals surface area contributed by atoms with Crippen LogP contribution in [0.25, 0.3) is 5.82 Å². The van der Waals surface area contributed by atoms with Crippen molar-refractivity contribution < 1.29 is 4.79 Å². The molecule has 110 valence electrons. The van der Waals surface area contributed by atoms with E-state index in [1.54, 1.807) is 18.7 Å². The minimum absolute atomic E-state index is 0.0103. The van der Waals surface area contributed by atoms with Crippen LogP contribution < -0.4 is 10.6 Å². The van der Waals surface area contributed by atoms with Gasteiger partial charge in [-0.3, -0.25) is 9.36 Å². The molecule has 21 heavy (non-hydrogen) atoms. The molecule has 3 rings (SSSR count). The van der Waals surface area contributed by atoms with E-state index >= 15 is 0 Å². The molecule has 1 saturated carbocycles. The zero-order valence-electron chi connectivity index (χ0n) is 11.8. The van der Waals surface area contributed by atoms with Gasteiger partial charge in [-0.1, -0.05) is 6.07 Å². The van der Waals surface area contributed by atoms with Crippen LogP contribution in [0.15, 0.2) is 37.1 Å². The Morgan fingerprint density at radius 3 is 3.05 bits per heavy atom. The number of carbonyl (C=O) groups is 1. The van der Waals surface area contributed by atoms with Gasteiger partial charge in [-0.2, -0.15) is 0 Å². The van der Waals surface area contributed by atoms with Crippen LogP contribution >= 0.6 is 0 Å². The van der Waals surface area contributed by atoms with Crippen molar-refractivity contribution >= 4 is 5.91 Å². The van der Waals surface area contributed by atoms with E-state index in [1.165, 1.54) is 12.8 Å². The summed E-state index contributed by atoms with van der Waals surface area (Å²) in [6, 6.07) is 3.83. The standard InChI is InChI=1S/C15H19N5O/c21-14(10-17-8-12-3-4-12)19-9-13-2-1-5-18-15(13)20-7-6-16-11-20/h1-2,5-7,11-12,17H,3-4,8-10H2,(H,19,21). The van der Waals surface area contributed by atoms with E-state index in [2.05, 4.69) is 20.6 Å². The third-order valence-corrected chi connectivity index (χ3v) is 3.51. The summed E-state index contributed by atoms with van der Waals surface area (Å²) in [5, 5.41) is 6.10. The largest absolute Gasteiger partial charge is 0.351 e. The molecule has 1 aliphatic rings. The van der Waals surface area contributed by atoms with Gasteiger partial charge in [-0.05, 0) is 31.4 Å². The number of imidazole rings is 1. The van der Waals surface area contributed by atoms with E-state index in [9.17, 15) is 4.79 Å². The second kappa shape index (κ2) is 6.49. The molecule has 2 N–H and O–H groups in total. The number of hydrogen-bond donors (Lipinski definition) is 2. The average molecular weight is 285 g/mol. The molecule has 0 radical (unpaired) electrons. The average Bonchev–Trinajstić information content (AvgIpc) is 3.16. The Balaban J connectivity index is 1.53. The van der Waals surface area contributed by atoms with Gasteiger partial charge < -0.3 is 10.6 Å². The molecule has 0 aliphatic heterocycles. The first-order chi connectivity index (χ1) is 10.3. The zero-order chi connectivity index (χ0) is 14.5. The number of nitrogens with zero attached hydrogens (tertiary/aromatic N) is 3. The molecule has 0 spiro atoms. The molecule has 0 aromatic carbocycles. The van der Waals surface area contributed by atoms with Crippen LogP contribution in [0.3, 0.4) is 0 Å². The second-order valence-corrected chi connectivity index (χ2v) is 5.31. The molecule has 6 nitrogen and oxygen atoms in total. The van der Waals surface area contributed by atoms with E-state index in [0.29, 0.717) is 13.1 Å². The predicted octanol–water partition coefficient (Wildman–Crippen LogP) is 0.883. The number of carbonyl (C=O) groups excluding carboxylic acids is 1. The molecule has 0 saturated heterocycles. The lowest BCUT2D eigenvalue weighted by atomic mass is 10.2. The Morgan fingerprint density at radius 1 is 1.38 bits per heavy atom. The quantitative estimate of drug-likeness (QED) is 0.792. The van der Waals surface area contributed by atoms with Crippen LogP contribution in [0, 0.1) is 5.92 Å². The summed E-state index contributed by atoms with van der Waals surface area (Å²) in [4.78, 5) is 20.2. The summed E-state index contributed by atoms with van der Waals surface area (Å²) in [5.41, 5.74) is 0.964. The minimum Gasteiger partial charge on any atom is -0.351 e. The topological polar surface area (TPSA) is 71.8 Å². The second-order valence-electron chi connectivity index (χ2n) is 5.31. The molecule has 0 unspecified atom stereocenters. The monoisotopic (exact) mass is 285 g/mol.